The minimum absolute atomic E-state index is 0.131. The Bertz CT molecular complexity index is 10300. The van der Waals surface area contributed by atoms with Crippen molar-refractivity contribution in [3.63, 3.8) is 0 Å². The van der Waals surface area contributed by atoms with Crippen LogP contribution in [-0.4, -0.2) is 43.6 Å². The molecule has 0 amide bonds. The molecule has 646 valence electrons. The standard InChI is InChI=1S/C46H29N3.C44H27N3.C40H25N3/c1-3-11-30(12-4-1)32-19-21-34(22-20-32)45-39-25-23-37(31-13-5-2-6-14-31)28-41(39)47-46(48-45)49-42-26-24-33-15-9-10-18-38(33)44(42)40-27-35-16-7-8-17-36(35)29-43(40)49;1-2-10-28(11-3-1)34-20-22-37-39(26-34)45-44(46-43(37)35-19-18-29-12-4-5-14-31(29)24-35)47-40-23-21-30-13-8-9-17-36(30)42(40)38-25-32-15-6-7-16-33(32)27-41(38)47;1-3-11-26(12-4-1)31-19-21-33-35(24-31)41-40(42-39(33)28-14-5-2-6-15-28)43-36-22-20-27-13-9-10-18-32(27)38(36)34-23-29-16-7-8-17-30(29)25-37(34)43/h1-29H;1-27H;1-25H/i2D,5D,6D,13D,14D;;. The third kappa shape index (κ3) is 13.9. The summed E-state index contributed by atoms with van der Waals surface area (Å²) in [4.78, 5) is 32.0. The monoisotopic (exact) mass is 1770 g/mol. The fourth-order valence-electron chi connectivity index (χ4n) is 20.9. The third-order valence-corrected chi connectivity index (χ3v) is 27.6. The van der Waals surface area contributed by atoms with Crippen LogP contribution in [0.15, 0.2) is 491 Å². The van der Waals surface area contributed by atoms with Gasteiger partial charge in [-0.05, 0) is 217 Å². The lowest BCUT2D eigenvalue weighted by Gasteiger charge is -2.13. The number of benzene rings is 23. The molecule has 0 unspecified atom stereocenters. The van der Waals surface area contributed by atoms with Crippen LogP contribution in [0.2, 0.25) is 0 Å². The van der Waals surface area contributed by atoms with Crippen molar-refractivity contribution in [3.8, 4) is 96.1 Å². The van der Waals surface area contributed by atoms with E-state index in [9.17, 15) is 0 Å². The van der Waals surface area contributed by atoms with Crippen molar-refractivity contribution >= 4 is 174 Å². The maximum atomic E-state index is 8.71. The summed E-state index contributed by atoms with van der Waals surface area (Å²) in [6, 6.07) is 160. The fraction of sp³-hybridized carbons (Fsp3) is 0. The molecule has 29 rings (SSSR count). The summed E-state index contributed by atoms with van der Waals surface area (Å²) in [5.41, 5.74) is 21.8. The molecule has 139 heavy (non-hydrogen) atoms. The average Bonchev–Trinajstić information content (AvgIpc) is 1.57. The zero-order valence-electron chi connectivity index (χ0n) is 79.9. The number of fused-ring (bicyclic) bond motifs is 22. The molecule has 0 spiro atoms. The van der Waals surface area contributed by atoms with Crippen molar-refractivity contribution in [2.45, 2.75) is 0 Å². The molecule has 0 radical (unpaired) electrons. The van der Waals surface area contributed by atoms with Gasteiger partial charge in [-0.1, -0.05) is 394 Å². The van der Waals surface area contributed by atoms with Gasteiger partial charge in [0, 0.05) is 65.2 Å². The first kappa shape index (κ1) is 74.8. The second kappa shape index (κ2) is 33.2. The summed E-state index contributed by atoms with van der Waals surface area (Å²) in [7, 11) is 0. The molecule has 29 aromatic rings. The van der Waals surface area contributed by atoms with Crippen molar-refractivity contribution in [1.29, 1.82) is 0 Å². The van der Waals surface area contributed by atoms with Crippen LogP contribution in [0.25, 0.3) is 270 Å². The molecule has 6 aromatic heterocycles. The Hall–Kier alpha value is -18.7. The van der Waals surface area contributed by atoms with E-state index in [-0.39, 0.29) is 29.7 Å². The van der Waals surface area contributed by atoms with Gasteiger partial charge >= 0.3 is 0 Å². The summed E-state index contributed by atoms with van der Waals surface area (Å²) in [5, 5.41) is 26.5. The van der Waals surface area contributed by atoms with E-state index in [4.69, 9.17) is 36.8 Å². The molecule has 0 saturated carbocycles. The first-order chi connectivity index (χ1) is 70.9. The molecule has 0 aliphatic rings. The molecule has 9 nitrogen and oxygen atoms in total. The van der Waals surface area contributed by atoms with E-state index in [1.807, 2.05) is 48.5 Å². The van der Waals surface area contributed by atoms with Crippen LogP contribution in [0.4, 0.5) is 0 Å². The van der Waals surface area contributed by atoms with Crippen LogP contribution in [0, 0.1) is 0 Å². The molecule has 0 aliphatic carbocycles. The van der Waals surface area contributed by atoms with Gasteiger partial charge in [-0.3, -0.25) is 13.7 Å². The highest BCUT2D eigenvalue weighted by Gasteiger charge is 2.26. The van der Waals surface area contributed by atoms with Crippen LogP contribution < -0.4 is 0 Å². The van der Waals surface area contributed by atoms with Crippen molar-refractivity contribution in [2.24, 2.45) is 0 Å². The summed E-state index contributed by atoms with van der Waals surface area (Å²) < 4.78 is 48.9. The molecule has 0 saturated heterocycles. The fourth-order valence-corrected chi connectivity index (χ4v) is 20.9. The maximum Gasteiger partial charge on any atom is 0.235 e. The highest BCUT2D eigenvalue weighted by Crippen LogP contribution is 2.46. The Morgan fingerprint density at radius 2 is 0.410 bits per heavy atom. The van der Waals surface area contributed by atoms with Gasteiger partial charge < -0.3 is 0 Å². The average molecular weight is 1770 g/mol. The van der Waals surface area contributed by atoms with Crippen molar-refractivity contribution in [3.05, 3.63) is 491 Å². The Morgan fingerprint density at radius 1 is 0.151 bits per heavy atom. The van der Waals surface area contributed by atoms with E-state index in [1.54, 1.807) is 6.07 Å². The van der Waals surface area contributed by atoms with E-state index in [0.29, 0.717) is 28.9 Å². The summed E-state index contributed by atoms with van der Waals surface area (Å²) >= 11 is 0. The van der Waals surface area contributed by atoms with E-state index < -0.39 is 6.04 Å². The molecule has 9 heteroatoms. The van der Waals surface area contributed by atoms with Crippen molar-refractivity contribution in [1.82, 2.24) is 43.6 Å². The largest absolute Gasteiger partial charge is 0.278 e. The topological polar surface area (TPSA) is 92.1 Å². The first-order valence-corrected chi connectivity index (χ1v) is 46.8. The maximum absolute atomic E-state index is 8.71. The summed E-state index contributed by atoms with van der Waals surface area (Å²) in [6.45, 7) is 0. The molecule has 0 bridgehead atoms. The Labute approximate surface area is 806 Å². The number of hydrogen-bond acceptors (Lipinski definition) is 6. The minimum atomic E-state index is -0.424. The smallest absolute Gasteiger partial charge is 0.235 e. The lowest BCUT2D eigenvalue weighted by atomic mass is 9.99. The van der Waals surface area contributed by atoms with Gasteiger partial charge in [0.15, 0.2) is 0 Å². The van der Waals surface area contributed by atoms with Crippen LogP contribution in [0.3, 0.4) is 0 Å². The predicted octanol–water partition coefficient (Wildman–Crippen LogP) is 33.9. The van der Waals surface area contributed by atoms with Gasteiger partial charge in [0.2, 0.25) is 17.8 Å². The summed E-state index contributed by atoms with van der Waals surface area (Å²) in [6.07, 6.45) is 0. The lowest BCUT2D eigenvalue weighted by molar-refractivity contribution is 1.01. The van der Waals surface area contributed by atoms with Gasteiger partial charge in [-0.25, -0.2) is 29.9 Å². The van der Waals surface area contributed by atoms with Gasteiger partial charge in [-0.15, -0.1) is 0 Å². The van der Waals surface area contributed by atoms with Crippen molar-refractivity contribution in [2.75, 3.05) is 0 Å². The molecule has 0 aliphatic heterocycles. The zero-order valence-corrected chi connectivity index (χ0v) is 74.9. The molecule has 23 aromatic carbocycles. The quantitative estimate of drug-likeness (QED) is 0.135. The van der Waals surface area contributed by atoms with Gasteiger partial charge in [0.05, 0.1) is 73.6 Å². The summed E-state index contributed by atoms with van der Waals surface area (Å²) in [5.74, 6) is 1.80. The number of hydrogen-bond donors (Lipinski definition) is 0. The molecule has 0 fully saturated rings. The third-order valence-electron chi connectivity index (χ3n) is 27.6. The van der Waals surface area contributed by atoms with Crippen LogP contribution in [-0.2, 0) is 0 Å². The van der Waals surface area contributed by atoms with Gasteiger partial charge in [0.25, 0.3) is 0 Å². The van der Waals surface area contributed by atoms with Gasteiger partial charge in [-0.2, -0.15) is 0 Å². The predicted molar refractivity (Wildman–Crippen MR) is 582 cm³/mol. The zero-order chi connectivity index (χ0) is 95.9. The van der Waals surface area contributed by atoms with Crippen LogP contribution in [0.5, 0.6) is 0 Å². The number of nitrogens with zero attached hydrogens (tertiary/aromatic N) is 9. The Kier molecular flexibility index (Phi) is 17.9. The van der Waals surface area contributed by atoms with Gasteiger partial charge in [0.1, 0.15) is 0 Å². The highest BCUT2D eigenvalue weighted by atomic mass is 15.2. The van der Waals surface area contributed by atoms with E-state index in [0.717, 1.165) is 154 Å². The Balaban J connectivity index is 0.000000108. The normalized spacial score (nSPS) is 12.2. The van der Waals surface area contributed by atoms with E-state index in [2.05, 4.69) is 420 Å². The van der Waals surface area contributed by atoms with E-state index in [1.165, 1.54) is 81.0 Å². The second-order valence-corrected chi connectivity index (χ2v) is 35.6. The Morgan fingerprint density at radius 3 is 0.784 bits per heavy atom. The van der Waals surface area contributed by atoms with Crippen LogP contribution in [0.1, 0.15) is 6.85 Å². The molecular weight excluding hydrogens is 1690 g/mol. The molecule has 0 atom stereocenters. The van der Waals surface area contributed by atoms with E-state index >= 15 is 0 Å². The second-order valence-electron chi connectivity index (χ2n) is 35.6. The molecular formula is C130H81N9. The van der Waals surface area contributed by atoms with Crippen LogP contribution >= 0.6 is 0 Å². The molecule has 6 heterocycles. The minimum Gasteiger partial charge on any atom is -0.278 e. The molecule has 0 N–H and O–H groups in total. The number of aromatic nitrogens is 9. The lowest BCUT2D eigenvalue weighted by Crippen LogP contribution is -2.03. The SMILES string of the molecule is [2H]c1c([2H])c([2H])c(-c2ccc3c(-c4ccc(-c5ccccc5)cc4)nc(-n4c5cc6ccccc6cc5c5c6ccccc6ccc54)nc3c2)c([2H])c1[2H].c1ccc(-c2ccc3c(-c4ccc5ccccc5c4)nc(-n4c5cc6ccccc6cc5c5c6ccccc6ccc54)nc3c2)cc1.c1ccc(-c2ccc3c(-c4ccccc4)nc(-n4c5cc6ccccc6cc5c5c6ccccc6ccc54)nc3c2)cc1. The van der Waals surface area contributed by atoms with Crippen molar-refractivity contribution < 1.29 is 6.85 Å². The number of rotatable bonds is 10. The highest BCUT2D eigenvalue weighted by molar-refractivity contribution is 6.26. The first-order valence-electron chi connectivity index (χ1n) is 49.3.